The number of hydrogen-bond acceptors (Lipinski definition) is 24. The van der Waals surface area contributed by atoms with Gasteiger partial charge in [0.2, 0.25) is 11.5 Å². The number of aromatic nitrogens is 6. The molecule has 13 atom stereocenters. The molecule has 609 valence electrons. The number of rotatable bonds is 14. The minimum absolute atomic E-state index is 0. The van der Waals surface area contributed by atoms with Gasteiger partial charge in [0, 0.05) is 117 Å². The van der Waals surface area contributed by atoms with Gasteiger partial charge in [-0.3, -0.25) is 38.8 Å². The summed E-state index contributed by atoms with van der Waals surface area (Å²) in [5.74, 6) is 0.583. The number of ether oxygens (including phenoxy) is 6. The predicted octanol–water partition coefficient (Wildman–Crippen LogP) is 7.39. The first-order chi connectivity index (χ1) is 54.3. The first kappa shape index (κ1) is 82.6. The number of aromatic amines is 1. The van der Waals surface area contributed by atoms with Crippen LogP contribution in [0.1, 0.15) is 114 Å². The number of imidazole rings is 1. The summed E-state index contributed by atoms with van der Waals surface area (Å²) in [4.78, 5) is 103. The molecule has 10 heterocycles. The average molecular weight is 1720 g/mol. The molecule has 8 aromatic rings. The van der Waals surface area contributed by atoms with Crippen molar-refractivity contribution in [3.8, 4) is 28.8 Å². The summed E-state index contributed by atoms with van der Waals surface area (Å²) in [6, 6.07) is 23.8. The third-order valence-electron chi connectivity index (χ3n) is 23.3. The first-order valence-electron chi connectivity index (χ1n) is 38.7. The molecule has 114 heavy (non-hydrogen) atoms. The third kappa shape index (κ3) is 16.4. The average Bonchev–Trinajstić information content (AvgIpc) is 1.55. The topological polar surface area (TPSA) is 383 Å². The van der Waals surface area contributed by atoms with E-state index >= 15 is 0 Å². The fraction of sp³-hybridized carbons (Fsp3) is 0.435. The molecule has 8 N–H and O–H groups in total. The van der Waals surface area contributed by atoms with E-state index in [9.17, 15) is 64.2 Å². The van der Waals surface area contributed by atoms with E-state index in [1.54, 1.807) is 17.6 Å². The van der Waals surface area contributed by atoms with E-state index in [1.807, 2.05) is 62.4 Å². The molecule has 3 fully saturated rings. The Kier molecular flexibility index (Phi) is 25.1. The number of aliphatic hydroxyl groups is 5. The zero-order valence-corrected chi connectivity index (χ0v) is 65.9. The van der Waals surface area contributed by atoms with E-state index < -0.39 is 66.0 Å². The quantitative estimate of drug-likeness (QED) is 0.0173. The summed E-state index contributed by atoms with van der Waals surface area (Å²) >= 11 is 0. The first-order valence-corrected chi connectivity index (χ1v) is 38.7. The SMILES string of the molecule is C=CCn1c(=O)n([C@@H]2O[C@H](CO)[C@@H](O)[C@H]2O)c2[nH]c(=N)nc(O)c21.CC[C@@]1(O)C(=O)OCc2c1cc1n(c2=O)Cc2c-1nc1cc3c(cc1c2CN1CCN(C)CC1)OCCO3.CC[C@H](C)C(=O)O[C@H]1C[C@@H](C)C=C2C=C[C@H](C)[C@H](CC[C@@H]3C[C@@H](O)CC(=O)O3)[C@H]21.O=C1C=CC(=O)C(c2cccc3cc4ccccc4cc23)=C1.[Lu]. The van der Waals surface area contributed by atoms with Crippen LogP contribution in [0.3, 0.4) is 0 Å². The van der Waals surface area contributed by atoms with Crippen LogP contribution in [0.15, 0.2) is 137 Å². The minimum atomic E-state index is -1.85. The molecule has 17 rings (SSSR count). The van der Waals surface area contributed by atoms with Crippen LogP contribution in [0.4, 0.5) is 0 Å². The molecule has 0 spiro atoms. The van der Waals surface area contributed by atoms with Crippen LogP contribution >= 0.6 is 0 Å². The van der Waals surface area contributed by atoms with E-state index in [4.69, 9.17) is 38.8 Å². The van der Waals surface area contributed by atoms with Crippen molar-refractivity contribution < 1.29 is 120 Å². The van der Waals surface area contributed by atoms with E-state index in [0.717, 1.165) is 117 Å². The number of nitrogens with one attached hydrogen (secondary N) is 2. The van der Waals surface area contributed by atoms with Crippen LogP contribution in [0, 0.1) is 71.9 Å². The number of pyridine rings is 2. The number of H-pyrrole nitrogens is 1. The standard InChI is InChI=1S/C28H30N4O6.C24H36O5.C20H12O2.C13H17N5O6.Lu/c1-3-28(35)20-11-22-25-18(14-32(22)26(33)19(20)15-38-27(28)34)17(13-31-6-4-30(2)5-7-31)16-10-23-24(12-21(16)29-25)37-9-8-36-23;1-5-15(3)24(27)29-21-11-14(2)10-17-7-6-16(4)20(23(17)21)9-8-19-12-18(25)13-22(26)28-19;21-16-8-9-20(22)19(12-16)17-7-3-6-15-10-13-4-1-2-5-14(13)11-18(15)17;1-2-3-17-6-9(15-12(14)16-10(6)22)18(13(17)23)11-8(21)7(20)5(4-19)24-11;/h10-12,35H,3-9,13-15H2,1-2H3;6-7,10,14-16,18-21,23,25H,5,8-9,11-13H2,1-4H3;1-12H;2,5,7-8,11,19-21H,1,3-4H2,(H3,14,15,16,22);/t28-;14-,15-,16-,18+,19+,20-,21-,23-;;5-,7-,8-,11-;/m00.1./s1. The van der Waals surface area contributed by atoms with Gasteiger partial charge in [-0.15, -0.1) is 6.58 Å². The molecular formula is C85H95LuN9O19. The van der Waals surface area contributed by atoms with Crippen molar-refractivity contribution in [2.24, 2.45) is 29.6 Å². The van der Waals surface area contributed by atoms with Gasteiger partial charge in [-0.25, -0.2) is 19.1 Å². The van der Waals surface area contributed by atoms with Crippen molar-refractivity contribution >= 4 is 78.7 Å². The number of cyclic esters (lactones) is 2. The molecule has 28 nitrogen and oxygen atoms in total. The van der Waals surface area contributed by atoms with Gasteiger partial charge < -0.3 is 73.5 Å². The number of hydrogen-bond donors (Lipinski definition) is 8. The largest absolute Gasteiger partial charge is 0.492 e. The van der Waals surface area contributed by atoms with Gasteiger partial charge in [-0.2, -0.15) is 4.98 Å². The van der Waals surface area contributed by atoms with Crippen LogP contribution in [0.25, 0.3) is 60.6 Å². The molecule has 4 aromatic heterocycles. The second kappa shape index (κ2) is 34.6. The Hall–Kier alpha value is -9.33. The van der Waals surface area contributed by atoms with Gasteiger partial charge >= 0.3 is 23.6 Å². The summed E-state index contributed by atoms with van der Waals surface area (Å²) in [6.07, 6.45) is 10.1. The molecule has 3 saturated heterocycles. The maximum Gasteiger partial charge on any atom is 0.343 e. The van der Waals surface area contributed by atoms with Crippen molar-refractivity contribution in [2.45, 2.75) is 154 Å². The number of likely N-dealkylation sites (N-methyl/N-ethyl adjacent to an activating group) is 1. The maximum absolute atomic E-state index is 13.7. The smallest absolute Gasteiger partial charge is 0.343 e. The third-order valence-corrected chi connectivity index (χ3v) is 23.3. The Morgan fingerprint density at radius 2 is 1.59 bits per heavy atom. The van der Waals surface area contributed by atoms with Crippen LogP contribution in [0.5, 0.6) is 17.4 Å². The van der Waals surface area contributed by atoms with Crippen LogP contribution in [-0.2, 0) is 74.8 Å². The number of piperazine rings is 1. The van der Waals surface area contributed by atoms with Gasteiger partial charge in [0.1, 0.15) is 61.5 Å². The number of ketones is 2. The van der Waals surface area contributed by atoms with Crippen molar-refractivity contribution in [1.29, 1.82) is 5.41 Å². The van der Waals surface area contributed by atoms with Gasteiger partial charge in [0.15, 0.2) is 34.9 Å². The van der Waals surface area contributed by atoms with Gasteiger partial charge in [-0.1, -0.05) is 101 Å². The van der Waals surface area contributed by atoms with Gasteiger partial charge in [0.25, 0.3) is 5.56 Å². The van der Waals surface area contributed by atoms with E-state index in [1.165, 1.54) is 29.9 Å². The van der Waals surface area contributed by atoms with Gasteiger partial charge in [0.05, 0.1) is 54.1 Å². The zero-order chi connectivity index (χ0) is 80.0. The number of aliphatic hydroxyl groups excluding tert-OH is 4. The normalized spacial score (nSPS) is 25.7. The summed E-state index contributed by atoms with van der Waals surface area (Å²) in [5, 5.41) is 73.2. The van der Waals surface area contributed by atoms with Crippen LogP contribution < -0.4 is 26.3 Å². The molecule has 0 unspecified atom stereocenters. The molecule has 9 aliphatic rings. The molecule has 0 saturated carbocycles. The van der Waals surface area contributed by atoms with E-state index in [0.29, 0.717) is 83.5 Å². The molecule has 6 aliphatic heterocycles. The Morgan fingerprint density at radius 1 is 0.860 bits per heavy atom. The second-order valence-electron chi connectivity index (χ2n) is 30.7. The minimum Gasteiger partial charge on any atom is -0.492 e. The van der Waals surface area contributed by atoms with E-state index in [-0.39, 0.29) is 127 Å². The predicted molar refractivity (Wildman–Crippen MR) is 417 cm³/mol. The van der Waals surface area contributed by atoms with Crippen LogP contribution in [-0.4, -0.2) is 188 Å². The number of fused-ring (bicyclic) bond motifs is 10. The number of esters is 3. The molecule has 4 aromatic carbocycles. The fourth-order valence-corrected chi connectivity index (χ4v) is 16.9. The molecular weight excluding hydrogens is 1630 g/mol. The van der Waals surface area contributed by atoms with Gasteiger partial charge in [-0.05, 0) is 138 Å². The fourth-order valence-electron chi connectivity index (χ4n) is 16.9. The summed E-state index contributed by atoms with van der Waals surface area (Å²) in [6.45, 7) is 18.9. The van der Waals surface area contributed by atoms with E-state index in [2.05, 4.69) is 83.7 Å². The summed E-state index contributed by atoms with van der Waals surface area (Å²) < 4.78 is 37.7. The zero-order valence-electron chi connectivity index (χ0n) is 64.2. The molecule has 3 aliphatic carbocycles. The molecule has 0 bridgehead atoms. The van der Waals surface area contributed by atoms with Crippen molar-refractivity contribution in [1.82, 2.24) is 38.5 Å². The Labute approximate surface area is 685 Å². The second-order valence-corrected chi connectivity index (χ2v) is 30.7. The number of carbonyl (C=O) groups excluding carboxylic acids is 5. The Morgan fingerprint density at radius 3 is 2.29 bits per heavy atom. The van der Waals surface area contributed by atoms with Crippen LogP contribution in [0.2, 0.25) is 0 Å². The number of allylic oxidation sites excluding steroid dienone is 8. The van der Waals surface area contributed by atoms with Crippen molar-refractivity contribution in [3.63, 3.8) is 0 Å². The van der Waals surface area contributed by atoms with Crippen molar-refractivity contribution in [2.75, 3.05) is 53.0 Å². The Balaban J connectivity index is 0.000000135. The molecule has 0 amide bonds. The number of nitrogens with zero attached hydrogens (tertiary/aromatic N) is 7. The summed E-state index contributed by atoms with van der Waals surface area (Å²) in [5.41, 5.74) is 4.21. The summed E-state index contributed by atoms with van der Waals surface area (Å²) in [7, 11) is 2.14. The molecule has 1 radical (unpaired) electrons. The number of carbonyl (C=O) groups is 5. The maximum atomic E-state index is 13.7. The van der Waals surface area contributed by atoms with Crippen molar-refractivity contribution in [3.05, 3.63) is 182 Å². The Bertz CT molecular complexity index is 5440. The number of benzene rings is 4. The monoisotopic (exact) mass is 1720 g/mol. The molecule has 29 heteroatoms. The number of aromatic hydroxyl groups is 1.